The molecule has 3 aromatic heterocycles. The highest BCUT2D eigenvalue weighted by atomic mass is 35.5. The summed E-state index contributed by atoms with van der Waals surface area (Å²) in [7, 11) is 0. The Labute approximate surface area is 278 Å². The second-order valence-corrected chi connectivity index (χ2v) is 13.6. The van der Waals surface area contributed by atoms with Crippen LogP contribution in [0.4, 0.5) is 23.7 Å². The summed E-state index contributed by atoms with van der Waals surface area (Å²) in [5.74, 6) is -0.886. The van der Waals surface area contributed by atoms with Crippen LogP contribution in [0.25, 0.3) is 33.3 Å². The molecule has 252 valence electrons. The lowest BCUT2D eigenvalue weighted by Crippen LogP contribution is -2.27. The predicted molar refractivity (Wildman–Crippen MR) is 177 cm³/mol. The Morgan fingerprint density at radius 1 is 0.938 bits per heavy atom. The molecule has 0 fully saturated rings. The number of ether oxygens (including phenoxy) is 2. The summed E-state index contributed by atoms with van der Waals surface area (Å²) < 4.78 is 61.0. The molecule has 0 saturated carbocycles. The van der Waals surface area contributed by atoms with Crippen LogP contribution in [0.5, 0.6) is 0 Å². The van der Waals surface area contributed by atoms with E-state index in [0.29, 0.717) is 10.9 Å². The maximum atomic E-state index is 14.1. The van der Waals surface area contributed by atoms with Gasteiger partial charge >= 0.3 is 18.2 Å². The number of rotatable bonds is 5. The molecule has 0 radical (unpaired) electrons. The van der Waals surface area contributed by atoms with Gasteiger partial charge in [0.15, 0.2) is 16.9 Å². The maximum absolute atomic E-state index is 14.1. The molecule has 5 aromatic rings. The second-order valence-electron chi connectivity index (χ2n) is 13.2. The van der Waals surface area contributed by atoms with Crippen molar-refractivity contribution in [3.63, 3.8) is 0 Å². The predicted octanol–water partition coefficient (Wildman–Crippen LogP) is 9.39. The van der Waals surface area contributed by atoms with E-state index in [1.807, 2.05) is 0 Å². The molecule has 0 aliphatic carbocycles. The van der Waals surface area contributed by atoms with Crippen molar-refractivity contribution in [2.24, 2.45) is 0 Å². The first-order valence-electron chi connectivity index (χ1n) is 14.9. The number of para-hydroxylation sites is 1. The van der Waals surface area contributed by atoms with Gasteiger partial charge in [-0.3, -0.25) is 4.79 Å². The van der Waals surface area contributed by atoms with Gasteiger partial charge in [-0.15, -0.1) is 0 Å². The minimum atomic E-state index is -4.81. The third-order valence-electron chi connectivity index (χ3n) is 7.02. The highest BCUT2D eigenvalue weighted by molar-refractivity contribution is 6.29. The number of nitrogens with zero attached hydrogens (tertiary/aromatic N) is 2. The van der Waals surface area contributed by atoms with Crippen molar-refractivity contribution in [1.82, 2.24) is 9.55 Å². The first-order chi connectivity index (χ1) is 22.2. The van der Waals surface area contributed by atoms with Gasteiger partial charge in [0.25, 0.3) is 0 Å². The molecule has 48 heavy (non-hydrogen) atoms. The third-order valence-corrected chi connectivity index (χ3v) is 7.23. The first kappa shape index (κ1) is 34.5. The summed E-state index contributed by atoms with van der Waals surface area (Å²) in [6.45, 7) is 11.7. The summed E-state index contributed by atoms with van der Waals surface area (Å²) in [5, 5.41) is 3.31. The van der Waals surface area contributed by atoms with Crippen LogP contribution >= 0.6 is 11.6 Å². The molecule has 0 amide bonds. The van der Waals surface area contributed by atoms with Gasteiger partial charge in [0, 0.05) is 17.0 Å². The van der Waals surface area contributed by atoms with Gasteiger partial charge in [0.1, 0.15) is 21.9 Å². The van der Waals surface area contributed by atoms with Gasteiger partial charge < -0.3 is 19.2 Å². The van der Waals surface area contributed by atoms with Crippen LogP contribution in [0.1, 0.15) is 76.1 Å². The fourth-order valence-corrected chi connectivity index (χ4v) is 5.23. The van der Waals surface area contributed by atoms with E-state index in [1.165, 1.54) is 23.6 Å². The summed E-state index contributed by atoms with van der Waals surface area (Å²) in [6, 6.07) is 13.1. The van der Waals surface area contributed by atoms with Gasteiger partial charge in [0.05, 0.1) is 33.9 Å². The number of aromatic nitrogens is 2. The quantitative estimate of drug-likeness (QED) is 0.144. The lowest BCUT2D eigenvalue weighted by atomic mass is 9.99. The average Bonchev–Trinajstić information content (AvgIpc) is 3.35. The van der Waals surface area contributed by atoms with Crippen LogP contribution in [0.3, 0.4) is 0 Å². The molecule has 0 aliphatic rings. The Kier molecular flexibility index (Phi) is 8.85. The maximum Gasteiger partial charge on any atom is 0.419 e. The lowest BCUT2D eigenvalue weighted by Gasteiger charge is -2.23. The van der Waals surface area contributed by atoms with Crippen molar-refractivity contribution in [1.29, 1.82) is 0 Å². The molecule has 1 atom stereocenters. The third kappa shape index (κ3) is 7.33. The smallest absolute Gasteiger partial charge is 0.419 e. The number of hydrogen-bond acceptors (Lipinski definition) is 8. The fourth-order valence-electron chi connectivity index (χ4n) is 5.08. The molecule has 5 rings (SSSR count). The van der Waals surface area contributed by atoms with E-state index in [1.54, 1.807) is 71.9 Å². The first-order valence-corrected chi connectivity index (χ1v) is 15.3. The van der Waals surface area contributed by atoms with E-state index in [9.17, 15) is 27.6 Å². The van der Waals surface area contributed by atoms with Crippen LogP contribution in [0.2, 0.25) is 5.15 Å². The summed E-state index contributed by atoms with van der Waals surface area (Å²) in [6.07, 6.45) is -5.55. The Bertz CT molecular complexity index is 2120. The van der Waals surface area contributed by atoms with Crippen LogP contribution in [-0.2, 0) is 15.7 Å². The number of halogens is 4. The van der Waals surface area contributed by atoms with E-state index >= 15 is 0 Å². The number of alkyl halides is 3. The number of pyridine rings is 1. The Hall–Kier alpha value is -4.84. The van der Waals surface area contributed by atoms with Gasteiger partial charge in [-0.05, 0) is 84.9 Å². The van der Waals surface area contributed by atoms with Crippen molar-refractivity contribution >= 4 is 51.2 Å². The van der Waals surface area contributed by atoms with Gasteiger partial charge in [-0.25, -0.2) is 19.1 Å². The number of carbonyl (C=O) groups excluding carboxylic acids is 2. The zero-order valence-electron chi connectivity index (χ0n) is 27.2. The van der Waals surface area contributed by atoms with E-state index in [2.05, 4.69) is 10.3 Å². The molecular weight excluding hydrogens is 651 g/mol. The summed E-state index contributed by atoms with van der Waals surface area (Å²) in [4.78, 5) is 44.1. The van der Waals surface area contributed by atoms with Crippen LogP contribution < -0.4 is 10.7 Å². The van der Waals surface area contributed by atoms with E-state index < -0.39 is 46.5 Å². The number of esters is 1. The standard InChI is InChI=1S/C35H33ClF3N3O6/c1-18(40-23-12-13-28(36)41-29(23)31(44)47-33(2,3)4)21-15-20(35(37,38)39)16-22-26(43)17-27(46-30(21)22)25-14-19-10-8-9-11-24(19)42(25)32(45)48-34(5,6)7/h8-18,40H,1-7H3. The average molecular weight is 684 g/mol. The molecule has 0 spiro atoms. The molecule has 0 saturated heterocycles. The Morgan fingerprint density at radius 2 is 1.60 bits per heavy atom. The van der Waals surface area contributed by atoms with Crippen LogP contribution in [0, 0.1) is 0 Å². The number of anilines is 1. The molecule has 13 heteroatoms. The molecule has 0 aliphatic heterocycles. The van der Waals surface area contributed by atoms with E-state index in [-0.39, 0.29) is 44.5 Å². The minimum absolute atomic E-state index is 0.00500. The van der Waals surface area contributed by atoms with Crippen molar-refractivity contribution in [3.05, 3.63) is 92.9 Å². The van der Waals surface area contributed by atoms with Crippen molar-refractivity contribution in [2.75, 3.05) is 5.32 Å². The fraction of sp³-hybridized carbons (Fsp3) is 0.314. The molecular formula is C35H33ClF3N3O6. The largest absolute Gasteiger partial charge is 0.455 e. The molecule has 1 N–H and O–H groups in total. The number of benzene rings is 2. The number of carbonyl (C=O) groups is 2. The second kappa shape index (κ2) is 12.3. The highest BCUT2D eigenvalue weighted by Gasteiger charge is 2.34. The zero-order chi connectivity index (χ0) is 35.3. The van der Waals surface area contributed by atoms with Gasteiger partial charge in [0.2, 0.25) is 0 Å². The topological polar surface area (TPSA) is 113 Å². The molecule has 9 nitrogen and oxygen atoms in total. The Morgan fingerprint density at radius 3 is 2.25 bits per heavy atom. The van der Waals surface area contributed by atoms with Gasteiger partial charge in [-0.1, -0.05) is 29.8 Å². The summed E-state index contributed by atoms with van der Waals surface area (Å²) >= 11 is 6.07. The van der Waals surface area contributed by atoms with Crippen LogP contribution in [0.15, 0.2) is 69.9 Å². The monoisotopic (exact) mass is 683 g/mol. The number of fused-ring (bicyclic) bond motifs is 2. The minimum Gasteiger partial charge on any atom is -0.455 e. The molecule has 3 heterocycles. The zero-order valence-corrected chi connectivity index (χ0v) is 28.0. The highest BCUT2D eigenvalue weighted by Crippen LogP contribution is 2.38. The Balaban J connectivity index is 1.71. The normalized spacial score (nSPS) is 13.1. The lowest BCUT2D eigenvalue weighted by molar-refractivity contribution is -0.137. The van der Waals surface area contributed by atoms with Crippen molar-refractivity contribution in [3.8, 4) is 11.5 Å². The number of nitrogens with one attached hydrogen (secondary N) is 1. The molecule has 2 aromatic carbocycles. The van der Waals surface area contributed by atoms with Crippen molar-refractivity contribution < 1.29 is 36.7 Å². The molecule has 0 bridgehead atoms. The van der Waals surface area contributed by atoms with E-state index in [4.69, 9.17) is 25.5 Å². The van der Waals surface area contributed by atoms with Gasteiger partial charge in [-0.2, -0.15) is 13.2 Å². The van der Waals surface area contributed by atoms with Crippen molar-refractivity contribution in [2.45, 2.75) is 71.9 Å². The summed E-state index contributed by atoms with van der Waals surface area (Å²) in [5.41, 5.74) is -3.24. The number of hydrogen-bond donors (Lipinski definition) is 1. The van der Waals surface area contributed by atoms with Crippen LogP contribution in [-0.4, -0.2) is 32.8 Å². The SMILES string of the molecule is CC(Nc1ccc(Cl)nc1C(=O)OC(C)(C)C)c1cc(C(F)(F)F)cc2c(=O)cc(-c3cc4ccccc4n3C(=O)OC(C)(C)C)oc12. The van der Waals surface area contributed by atoms with E-state index in [0.717, 1.165) is 18.2 Å². The molecule has 1 unspecified atom stereocenters.